The average molecular weight is 392 g/mol. The predicted molar refractivity (Wildman–Crippen MR) is 111 cm³/mol. The van der Waals surface area contributed by atoms with Gasteiger partial charge in [0.05, 0.1) is 16.8 Å². The first-order chi connectivity index (χ1) is 13.5. The summed E-state index contributed by atoms with van der Waals surface area (Å²) in [5, 5.41) is 8.40. The van der Waals surface area contributed by atoms with Gasteiger partial charge in [0.25, 0.3) is 5.91 Å². The zero-order chi connectivity index (χ0) is 19.7. The zero-order valence-corrected chi connectivity index (χ0v) is 16.9. The molecule has 6 nitrogen and oxygen atoms in total. The third-order valence-electron chi connectivity index (χ3n) is 4.65. The van der Waals surface area contributed by atoms with E-state index in [0.29, 0.717) is 11.4 Å². The lowest BCUT2D eigenvalue weighted by atomic mass is 10.1. The highest BCUT2D eigenvalue weighted by atomic mass is 32.1. The van der Waals surface area contributed by atoms with Crippen LogP contribution in [-0.4, -0.2) is 32.2 Å². The molecule has 0 radical (unpaired) electrons. The SMILES string of the molecule is Cc1nc(C)c2c(C)c(C(=O)NCCc3cnn(-c4ccccc4)c3)sc2n1. The van der Waals surface area contributed by atoms with Crippen molar-refractivity contribution in [2.45, 2.75) is 27.2 Å². The van der Waals surface area contributed by atoms with Gasteiger partial charge in [-0.1, -0.05) is 18.2 Å². The van der Waals surface area contributed by atoms with Crippen LogP contribution in [-0.2, 0) is 6.42 Å². The van der Waals surface area contributed by atoms with Crippen LogP contribution in [0.5, 0.6) is 0 Å². The van der Waals surface area contributed by atoms with Gasteiger partial charge in [0.1, 0.15) is 10.7 Å². The second kappa shape index (κ2) is 7.52. The van der Waals surface area contributed by atoms with Crippen molar-refractivity contribution in [1.82, 2.24) is 25.1 Å². The van der Waals surface area contributed by atoms with E-state index in [9.17, 15) is 4.79 Å². The van der Waals surface area contributed by atoms with Crippen LogP contribution in [0.4, 0.5) is 0 Å². The molecule has 4 rings (SSSR count). The lowest BCUT2D eigenvalue weighted by Crippen LogP contribution is -2.25. The van der Waals surface area contributed by atoms with Gasteiger partial charge in [-0.15, -0.1) is 11.3 Å². The molecule has 1 N–H and O–H groups in total. The Kier molecular flexibility index (Phi) is 4.92. The fraction of sp³-hybridized carbons (Fsp3) is 0.238. The molecule has 1 aromatic carbocycles. The molecule has 7 heteroatoms. The van der Waals surface area contributed by atoms with E-state index in [1.807, 2.05) is 68.2 Å². The van der Waals surface area contributed by atoms with Crippen molar-refractivity contribution in [2.75, 3.05) is 6.54 Å². The number of aromatic nitrogens is 4. The molecule has 0 saturated heterocycles. The quantitative estimate of drug-likeness (QED) is 0.562. The first-order valence-electron chi connectivity index (χ1n) is 9.14. The van der Waals surface area contributed by atoms with Gasteiger partial charge in [0.15, 0.2) is 0 Å². The average Bonchev–Trinajstić information content (AvgIpc) is 3.27. The molecule has 3 heterocycles. The van der Waals surface area contributed by atoms with Crippen LogP contribution in [0.1, 0.15) is 32.3 Å². The summed E-state index contributed by atoms with van der Waals surface area (Å²) >= 11 is 1.43. The minimum atomic E-state index is -0.0620. The van der Waals surface area contributed by atoms with Gasteiger partial charge in [-0.3, -0.25) is 4.79 Å². The number of hydrogen-bond acceptors (Lipinski definition) is 5. The van der Waals surface area contributed by atoms with Gasteiger partial charge in [0.2, 0.25) is 0 Å². The molecule has 0 fully saturated rings. The molecular weight excluding hydrogens is 370 g/mol. The number of amides is 1. The van der Waals surface area contributed by atoms with E-state index < -0.39 is 0 Å². The van der Waals surface area contributed by atoms with Gasteiger partial charge in [-0.2, -0.15) is 5.10 Å². The number of para-hydroxylation sites is 1. The number of thiophene rings is 1. The summed E-state index contributed by atoms with van der Waals surface area (Å²) in [6, 6.07) is 9.97. The molecule has 3 aromatic heterocycles. The van der Waals surface area contributed by atoms with E-state index in [0.717, 1.165) is 45.0 Å². The van der Waals surface area contributed by atoms with Crippen molar-refractivity contribution in [2.24, 2.45) is 0 Å². The standard InChI is InChI=1S/C21H21N5OS/c1-13-18-14(2)24-15(3)25-21(18)28-19(13)20(27)22-10-9-16-11-23-26(12-16)17-7-5-4-6-8-17/h4-8,11-12H,9-10H2,1-3H3,(H,22,27). The number of hydrogen-bond donors (Lipinski definition) is 1. The molecule has 0 bridgehead atoms. The Balaban J connectivity index is 1.43. The molecule has 142 valence electrons. The Morgan fingerprint density at radius 1 is 1.14 bits per heavy atom. The van der Waals surface area contributed by atoms with Gasteiger partial charge in [0, 0.05) is 23.8 Å². The van der Waals surface area contributed by atoms with Crippen molar-refractivity contribution in [3.63, 3.8) is 0 Å². The molecule has 0 aliphatic carbocycles. The normalized spacial score (nSPS) is 11.1. The number of benzene rings is 1. The van der Waals surface area contributed by atoms with E-state index in [1.165, 1.54) is 11.3 Å². The van der Waals surface area contributed by atoms with Gasteiger partial charge >= 0.3 is 0 Å². The van der Waals surface area contributed by atoms with E-state index in [-0.39, 0.29) is 5.91 Å². The van der Waals surface area contributed by atoms with Crippen molar-refractivity contribution in [3.05, 3.63) is 70.2 Å². The van der Waals surface area contributed by atoms with E-state index >= 15 is 0 Å². The maximum Gasteiger partial charge on any atom is 0.261 e. The van der Waals surface area contributed by atoms with Crippen molar-refractivity contribution < 1.29 is 4.79 Å². The van der Waals surface area contributed by atoms with E-state index in [2.05, 4.69) is 20.4 Å². The highest BCUT2D eigenvalue weighted by Gasteiger charge is 2.18. The Labute approximate surface area is 167 Å². The molecule has 0 atom stereocenters. The summed E-state index contributed by atoms with van der Waals surface area (Å²) in [4.78, 5) is 23.2. The van der Waals surface area contributed by atoms with Crippen LogP contribution in [0.2, 0.25) is 0 Å². The number of aryl methyl sites for hydroxylation is 3. The van der Waals surface area contributed by atoms with Crippen LogP contribution in [0.25, 0.3) is 15.9 Å². The van der Waals surface area contributed by atoms with Gasteiger partial charge in [-0.05, 0) is 50.5 Å². The highest BCUT2D eigenvalue weighted by Crippen LogP contribution is 2.31. The summed E-state index contributed by atoms with van der Waals surface area (Å²) < 4.78 is 1.84. The molecule has 28 heavy (non-hydrogen) atoms. The number of rotatable bonds is 5. The maximum atomic E-state index is 12.7. The Bertz CT molecular complexity index is 1150. The van der Waals surface area contributed by atoms with Crippen molar-refractivity contribution >= 4 is 27.5 Å². The monoisotopic (exact) mass is 391 g/mol. The molecular formula is C21H21N5OS. The Morgan fingerprint density at radius 3 is 2.71 bits per heavy atom. The lowest BCUT2D eigenvalue weighted by molar-refractivity contribution is 0.0957. The number of carbonyl (C=O) groups is 1. The van der Waals surface area contributed by atoms with Crippen LogP contribution in [0.3, 0.4) is 0 Å². The molecule has 0 aliphatic rings. The minimum absolute atomic E-state index is 0.0620. The summed E-state index contributed by atoms with van der Waals surface area (Å²) in [6.45, 7) is 6.35. The maximum absolute atomic E-state index is 12.7. The number of carbonyl (C=O) groups excluding carboxylic acids is 1. The third-order valence-corrected chi connectivity index (χ3v) is 5.83. The molecule has 0 spiro atoms. The second-order valence-electron chi connectivity index (χ2n) is 6.73. The zero-order valence-electron chi connectivity index (χ0n) is 16.1. The largest absolute Gasteiger partial charge is 0.351 e. The molecule has 4 aromatic rings. The lowest BCUT2D eigenvalue weighted by Gasteiger charge is -2.04. The Morgan fingerprint density at radius 2 is 1.93 bits per heavy atom. The van der Waals surface area contributed by atoms with Gasteiger partial charge in [-0.25, -0.2) is 14.6 Å². The number of nitrogens with one attached hydrogen (secondary N) is 1. The van der Waals surface area contributed by atoms with Crippen molar-refractivity contribution in [1.29, 1.82) is 0 Å². The predicted octanol–water partition coefficient (Wildman–Crippen LogP) is 3.77. The van der Waals surface area contributed by atoms with E-state index in [4.69, 9.17) is 0 Å². The third kappa shape index (κ3) is 3.53. The number of nitrogens with zero attached hydrogens (tertiary/aromatic N) is 4. The topological polar surface area (TPSA) is 72.7 Å². The first kappa shape index (κ1) is 18.3. The van der Waals surface area contributed by atoms with Crippen LogP contribution in [0.15, 0.2) is 42.7 Å². The van der Waals surface area contributed by atoms with Gasteiger partial charge < -0.3 is 5.32 Å². The molecule has 1 amide bonds. The fourth-order valence-corrected chi connectivity index (χ4v) is 4.50. The summed E-state index contributed by atoms with van der Waals surface area (Å²) in [6.07, 6.45) is 4.56. The second-order valence-corrected chi connectivity index (χ2v) is 7.73. The summed E-state index contributed by atoms with van der Waals surface area (Å²) in [7, 11) is 0. The summed E-state index contributed by atoms with van der Waals surface area (Å²) in [5.41, 5.74) is 3.97. The van der Waals surface area contributed by atoms with Crippen LogP contribution in [0, 0.1) is 20.8 Å². The first-order valence-corrected chi connectivity index (χ1v) is 9.96. The van der Waals surface area contributed by atoms with Crippen LogP contribution < -0.4 is 5.32 Å². The minimum Gasteiger partial charge on any atom is -0.351 e. The van der Waals surface area contributed by atoms with Crippen molar-refractivity contribution in [3.8, 4) is 5.69 Å². The fourth-order valence-electron chi connectivity index (χ4n) is 3.30. The molecule has 0 aliphatic heterocycles. The summed E-state index contributed by atoms with van der Waals surface area (Å²) in [5.74, 6) is 0.668. The highest BCUT2D eigenvalue weighted by molar-refractivity contribution is 7.20. The molecule has 0 unspecified atom stereocenters. The molecule has 0 saturated carbocycles. The number of fused-ring (bicyclic) bond motifs is 1. The smallest absolute Gasteiger partial charge is 0.261 e. The van der Waals surface area contributed by atoms with E-state index in [1.54, 1.807) is 0 Å². The Hall–Kier alpha value is -3.06. The van der Waals surface area contributed by atoms with Crippen LogP contribution >= 0.6 is 11.3 Å².